The summed E-state index contributed by atoms with van der Waals surface area (Å²) in [6, 6.07) is 9.56. The molecule has 4 rings (SSSR count). The number of ether oxygens (including phenoxy) is 3. The highest BCUT2D eigenvalue weighted by molar-refractivity contribution is 5.94. The van der Waals surface area contributed by atoms with E-state index in [1.807, 2.05) is 26.0 Å². The summed E-state index contributed by atoms with van der Waals surface area (Å²) in [4.78, 5) is 12.9. The van der Waals surface area contributed by atoms with Crippen LogP contribution in [0.1, 0.15) is 73.1 Å². The van der Waals surface area contributed by atoms with Crippen molar-refractivity contribution in [3.63, 3.8) is 0 Å². The van der Waals surface area contributed by atoms with Crippen LogP contribution in [0.5, 0.6) is 11.5 Å². The molecule has 1 aliphatic heterocycles. The Morgan fingerprint density at radius 3 is 2.65 bits per heavy atom. The Labute approximate surface area is 204 Å². The molecule has 3 N–H and O–H groups in total. The van der Waals surface area contributed by atoms with Crippen molar-refractivity contribution in [2.24, 2.45) is 5.73 Å². The van der Waals surface area contributed by atoms with Gasteiger partial charge in [0.1, 0.15) is 17.6 Å². The molecule has 1 amide bonds. The fourth-order valence-electron chi connectivity index (χ4n) is 4.55. The SMILES string of the molecule is C[C@H](NC(=O)c1ccc2c(c1)COC2(C)C)c1ccc(O[C@@H]2CCC[C@H]2N)cc1OC(F)F.Cl. The fourth-order valence-corrected chi connectivity index (χ4v) is 4.55. The number of carbonyl (C=O) groups excluding carboxylic acids is 1. The number of halogens is 3. The van der Waals surface area contributed by atoms with Crippen molar-refractivity contribution in [3.8, 4) is 11.5 Å². The third kappa shape index (κ3) is 5.62. The van der Waals surface area contributed by atoms with Gasteiger partial charge in [0.15, 0.2) is 0 Å². The lowest BCUT2D eigenvalue weighted by Gasteiger charge is -2.22. The molecule has 186 valence electrons. The van der Waals surface area contributed by atoms with Gasteiger partial charge in [-0.05, 0) is 75.4 Å². The van der Waals surface area contributed by atoms with Crippen molar-refractivity contribution >= 4 is 18.3 Å². The van der Waals surface area contributed by atoms with Gasteiger partial charge in [-0.15, -0.1) is 12.4 Å². The van der Waals surface area contributed by atoms with E-state index in [0.29, 0.717) is 23.5 Å². The average Bonchev–Trinajstić information content (AvgIpc) is 3.29. The Morgan fingerprint density at radius 1 is 1.21 bits per heavy atom. The summed E-state index contributed by atoms with van der Waals surface area (Å²) in [5, 5.41) is 2.87. The van der Waals surface area contributed by atoms with Gasteiger partial charge in [-0.2, -0.15) is 8.78 Å². The monoisotopic (exact) mass is 496 g/mol. The molecule has 2 aromatic carbocycles. The van der Waals surface area contributed by atoms with Crippen molar-refractivity contribution in [2.75, 3.05) is 0 Å². The predicted molar refractivity (Wildman–Crippen MR) is 127 cm³/mol. The molecule has 9 heteroatoms. The molecule has 0 spiro atoms. The predicted octanol–water partition coefficient (Wildman–Crippen LogP) is 5.22. The molecule has 0 radical (unpaired) electrons. The van der Waals surface area contributed by atoms with E-state index >= 15 is 0 Å². The van der Waals surface area contributed by atoms with E-state index in [1.54, 1.807) is 25.1 Å². The van der Waals surface area contributed by atoms with Crippen LogP contribution in [0.3, 0.4) is 0 Å². The summed E-state index contributed by atoms with van der Waals surface area (Å²) in [5.41, 5.74) is 8.59. The van der Waals surface area contributed by atoms with Crippen molar-refractivity contribution in [3.05, 3.63) is 58.7 Å². The molecule has 1 aliphatic carbocycles. The minimum atomic E-state index is -3.00. The summed E-state index contributed by atoms with van der Waals surface area (Å²) in [6.45, 7) is 3.13. The number of carbonyl (C=O) groups is 1. The number of nitrogens with two attached hydrogens (primary N) is 1. The molecular formula is C25H31ClF2N2O4. The third-order valence-corrected chi connectivity index (χ3v) is 6.41. The first-order valence-electron chi connectivity index (χ1n) is 11.2. The van der Waals surface area contributed by atoms with Gasteiger partial charge >= 0.3 is 6.61 Å². The van der Waals surface area contributed by atoms with Gasteiger partial charge in [0, 0.05) is 23.2 Å². The van der Waals surface area contributed by atoms with Gasteiger partial charge in [0.2, 0.25) is 0 Å². The zero-order valence-corrected chi connectivity index (χ0v) is 20.3. The first kappa shape index (κ1) is 26.2. The molecule has 0 unspecified atom stereocenters. The Hall–Kier alpha value is -2.42. The number of fused-ring (bicyclic) bond motifs is 1. The van der Waals surface area contributed by atoms with Gasteiger partial charge in [-0.1, -0.05) is 6.07 Å². The molecule has 3 atom stereocenters. The Morgan fingerprint density at radius 2 is 1.97 bits per heavy atom. The van der Waals surface area contributed by atoms with Crippen LogP contribution in [0, 0.1) is 0 Å². The van der Waals surface area contributed by atoms with Crippen LogP contribution in [0.2, 0.25) is 0 Å². The molecule has 0 aromatic heterocycles. The fraction of sp³-hybridized carbons (Fsp3) is 0.480. The zero-order valence-electron chi connectivity index (χ0n) is 19.5. The van der Waals surface area contributed by atoms with Gasteiger partial charge in [0.05, 0.1) is 18.2 Å². The minimum absolute atomic E-state index is 0. The smallest absolute Gasteiger partial charge is 0.387 e. The maximum Gasteiger partial charge on any atom is 0.387 e. The number of rotatable bonds is 7. The largest absolute Gasteiger partial charge is 0.489 e. The summed E-state index contributed by atoms with van der Waals surface area (Å²) >= 11 is 0. The van der Waals surface area contributed by atoms with Crippen molar-refractivity contribution in [1.29, 1.82) is 0 Å². The number of benzene rings is 2. The van der Waals surface area contributed by atoms with Crippen LogP contribution in [-0.2, 0) is 16.9 Å². The van der Waals surface area contributed by atoms with E-state index in [1.165, 1.54) is 6.07 Å². The maximum atomic E-state index is 13.1. The van der Waals surface area contributed by atoms with Crippen molar-refractivity contribution in [1.82, 2.24) is 5.32 Å². The van der Waals surface area contributed by atoms with Crippen LogP contribution in [0.4, 0.5) is 8.78 Å². The number of hydrogen-bond acceptors (Lipinski definition) is 5. The van der Waals surface area contributed by atoms with Crippen molar-refractivity contribution in [2.45, 2.75) is 77.0 Å². The second kappa shape index (κ2) is 10.5. The molecule has 0 bridgehead atoms. The molecule has 1 heterocycles. The average molecular weight is 497 g/mol. The summed E-state index contributed by atoms with van der Waals surface area (Å²) in [7, 11) is 0. The van der Waals surface area contributed by atoms with E-state index in [4.69, 9.17) is 19.9 Å². The summed E-state index contributed by atoms with van der Waals surface area (Å²) < 4.78 is 42.6. The second-order valence-electron chi connectivity index (χ2n) is 9.20. The first-order valence-corrected chi connectivity index (χ1v) is 11.2. The Bertz CT molecular complexity index is 1030. The van der Waals surface area contributed by atoms with Crippen LogP contribution in [-0.4, -0.2) is 24.7 Å². The Kier molecular flexibility index (Phi) is 8.06. The third-order valence-electron chi connectivity index (χ3n) is 6.41. The summed E-state index contributed by atoms with van der Waals surface area (Å²) in [6.07, 6.45) is 2.52. The van der Waals surface area contributed by atoms with E-state index in [2.05, 4.69) is 5.32 Å². The number of alkyl halides is 2. The molecule has 2 aliphatic rings. The molecule has 0 saturated heterocycles. The molecule has 1 fully saturated rings. The minimum Gasteiger partial charge on any atom is -0.489 e. The van der Waals surface area contributed by atoms with Crippen LogP contribution >= 0.6 is 12.4 Å². The standard InChI is InChI=1S/C25H30F2N2O4.ClH/c1-14(29-23(30)15-7-10-19-16(11-15)13-31-25(19,2)3)18-9-8-17(12-22(18)33-24(26)27)32-21-6-4-5-20(21)28;/h7-12,14,20-21,24H,4-6,13,28H2,1-3H3,(H,29,30);1H/t14-,20+,21+;/m0./s1. The Balaban J connectivity index is 0.00000324. The zero-order chi connectivity index (χ0) is 23.8. The lowest BCUT2D eigenvalue weighted by molar-refractivity contribution is -0.0507. The quantitative estimate of drug-likeness (QED) is 0.549. The molecule has 34 heavy (non-hydrogen) atoms. The van der Waals surface area contributed by atoms with Gasteiger partial charge in [-0.25, -0.2) is 0 Å². The topological polar surface area (TPSA) is 82.8 Å². The maximum absolute atomic E-state index is 13.1. The van der Waals surface area contributed by atoms with E-state index in [-0.39, 0.29) is 41.8 Å². The molecule has 2 aromatic rings. The highest BCUT2D eigenvalue weighted by atomic mass is 35.5. The van der Waals surface area contributed by atoms with Crippen LogP contribution in [0.15, 0.2) is 36.4 Å². The van der Waals surface area contributed by atoms with E-state index < -0.39 is 12.7 Å². The highest BCUT2D eigenvalue weighted by Gasteiger charge is 2.31. The molecule has 6 nitrogen and oxygen atoms in total. The lowest BCUT2D eigenvalue weighted by atomic mass is 9.94. The number of hydrogen-bond donors (Lipinski definition) is 2. The number of nitrogens with one attached hydrogen (secondary N) is 1. The normalized spacial score (nSPS) is 21.5. The van der Waals surface area contributed by atoms with E-state index in [0.717, 1.165) is 30.4 Å². The van der Waals surface area contributed by atoms with Crippen LogP contribution < -0.4 is 20.5 Å². The second-order valence-corrected chi connectivity index (χ2v) is 9.20. The van der Waals surface area contributed by atoms with Crippen molar-refractivity contribution < 1.29 is 27.8 Å². The first-order chi connectivity index (χ1) is 15.6. The van der Waals surface area contributed by atoms with Gasteiger partial charge < -0.3 is 25.3 Å². The van der Waals surface area contributed by atoms with Gasteiger partial charge in [0.25, 0.3) is 5.91 Å². The van der Waals surface area contributed by atoms with Crippen LogP contribution in [0.25, 0.3) is 0 Å². The van der Waals surface area contributed by atoms with Gasteiger partial charge in [-0.3, -0.25) is 4.79 Å². The van der Waals surface area contributed by atoms with E-state index in [9.17, 15) is 13.6 Å². The lowest BCUT2D eigenvalue weighted by Crippen LogP contribution is -2.33. The highest BCUT2D eigenvalue weighted by Crippen LogP contribution is 2.36. The molecule has 1 saturated carbocycles. The summed E-state index contributed by atoms with van der Waals surface area (Å²) in [5.74, 6) is 0.0674. The molecular weight excluding hydrogens is 466 g/mol. The number of amides is 1.